The molecule has 0 aliphatic heterocycles. The molecule has 0 aliphatic carbocycles. The van der Waals surface area contributed by atoms with Crippen molar-refractivity contribution in [3.8, 4) is 5.75 Å². The van der Waals surface area contributed by atoms with E-state index >= 15 is 0 Å². The second kappa shape index (κ2) is 10.6. The number of carbonyl (C=O) groups is 3. The van der Waals surface area contributed by atoms with Gasteiger partial charge in [-0.15, -0.1) is 0 Å². The summed E-state index contributed by atoms with van der Waals surface area (Å²) in [6.45, 7) is 4.21. The Balaban J connectivity index is 2.00. The van der Waals surface area contributed by atoms with Crippen LogP contribution in [0.2, 0.25) is 0 Å². The number of hydrogen-bond donors (Lipinski definition) is 3. The zero-order valence-electron chi connectivity index (χ0n) is 15.8. The molecule has 2 aromatic rings. The largest absolute Gasteiger partial charge is 0.484 e. The summed E-state index contributed by atoms with van der Waals surface area (Å²) in [6.07, 6.45) is -0.586. The van der Waals surface area contributed by atoms with Crippen LogP contribution in [0.3, 0.4) is 0 Å². The van der Waals surface area contributed by atoms with Crippen molar-refractivity contribution in [1.29, 1.82) is 0 Å². The molecule has 8 nitrogen and oxygen atoms in total. The SMILES string of the molecule is CCNC(=O)COc1cccc(NC(=O)c2cccc(NC(=O)OCC)c2)c1. The molecular weight excluding hydrogens is 362 g/mol. The number of ether oxygens (including phenoxy) is 2. The van der Waals surface area contributed by atoms with E-state index in [1.807, 2.05) is 6.92 Å². The van der Waals surface area contributed by atoms with Gasteiger partial charge in [-0.2, -0.15) is 0 Å². The predicted molar refractivity (Wildman–Crippen MR) is 106 cm³/mol. The van der Waals surface area contributed by atoms with Crippen molar-refractivity contribution < 1.29 is 23.9 Å². The Labute approximate surface area is 163 Å². The van der Waals surface area contributed by atoms with Crippen LogP contribution in [0.4, 0.5) is 16.2 Å². The van der Waals surface area contributed by atoms with Crippen molar-refractivity contribution in [3.05, 3.63) is 54.1 Å². The summed E-state index contributed by atoms with van der Waals surface area (Å²) in [6, 6.07) is 13.2. The number of benzene rings is 2. The van der Waals surface area contributed by atoms with Gasteiger partial charge in [-0.1, -0.05) is 12.1 Å². The van der Waals surface area contributed by atoms with E-state index in [0.29, 0.717) is 29.2 Å². The Morgan fingerprint density at radius 2 is 1.64 bits per heavy atom. The minimum atomic E-state index is -0.586. The fourth-order valence-corrected chi connectivity index (χ4v) is 2.29. The normalized spacial score (nSPS) is 9.93. The van der Waals surface area contributed by atoms with Gasteiger partial charge < -0.3 is 20.1 Å². The molecule has 0 unspecified atom stereocenters. The summed E-state index contributed by atoms with van der Waals surface area (Å²) >= 11 is 0. The zero-order valence-corrected chi connectivity index (χ0v) is 15.8. The first-order chi connectivity index (χ1) is 13.5. The van der Waals surface area contributed by atoms with E-state index in [4.69, 9.17) is 9.47 Å². The van der Waals surface area contributed by atoms with E-state index in [-0.39, 0.29) is 25.0 Å². The summed E-state index contributed by atoms with van der Waals surface area (Å²) in [5.74, 6) is -0.113. The molecule has 0 heterocycles. The maximum Gasteiger partial charge on any atom is 0.411 e. The van der Waals surface area contributed by atoms with Gasteiger partial charge in [-0.3, -0.25) is 14.9 Å². The standard InChI is InChI=1S/C20H23N3O5/c1-3-21-18(24)13-28-17-10-6-9-16(12-17)22-19(25)14-7-5-8-15(11-14)23-20(26)27-4-2/h5-12H,3-4,13H2,1-2H3,(H,21,24)(H,22,25)(H,23,26). The average Bonchev–Trinajstić information content (AvgIpc) is 2.67. The lowest BCUT2D eigenvalue weighted by Gasteiger charge is -2.10. The fourth-order valence-electron chi connectivity index (χ4n) is 2.29. The Morgan fingerprint density at radius 3 is 2.36 bits per heavy atom. The van der Waals surface area contributed by atoms with Crippen molar-refractivity contribution in [3.63, 3.8) is 0 Å². The molecule has 0 bridgehead atoms. The van der Waals surface area contributed by atoms with Gasteiger partial charge in [-0.05, 0) is 44.2 Å². The van der Waals surface area contributed by atoms with E-state index in [9.17, 15) is 14.4 Å². The summed E-state index contributed by atoms with van der Waals surface area (Å²) in [5, 5.41) is 7.94. The van der Waals surface area contributed by atoms with Crippen molar-refractivity contribution in [2.45, 2.75) is 13.8 Å². The highest BCUT2D eigenvalue weighted by Crippen LogP contribution is 2.19. The molecule has 0 saturated carbocycles. The summed E-state index contributed by atoms with van der Waals surface area (Å²) in [4.78, 5) is 35.4. The average molecular weight is 385 g/mol. The highest BCUT2D eigenvalue weighted by molar-refractivity contribution is 6.05. The fraction of sp³-hybridized carbons (Fsp3) is 0.250. The highest BCUT2D eigenvalue weighted by Gasteiger charge is 2.10. The van der Waals surface area contributed by atoms with Gasteiger partial charge >= 0.3 is 6.09 Å². The molecule has 0 aromatic heterocycles. The van der Waals surface area contributed by atoms with E-state index in [1.54, 1.807) is 55.5 Å². The minimum absolute atomic E-state index is 0.104. The zero-order chi connectivity index (χ0) is 20.4. The molecule has 2 aromatic carbocycles. The van der Waals surface area contributed by atoms with Gasteiger partial charge in [-0.25, -0.2) is 4.79 Å². The Bertz CT molecular complexity index is 838. The van der Waals surface area contributed by atoms with Crippen LogP contribution < -0.4 is 20.7 Å². The molecule has 3 amide bonds. The monoisotopic (exact) mass is 385 g/mol. The minimum Gasteiger partial charge on any atom is -0.484 e. The van der Waals surface area contributed by atoms with Crippen LogP contribution in [0.25, 0.3) is 0 Å². The Kier molecular flexibility index (Phi) is 7.83. The summed E-state index contributed by atoms with van der Waals surface area (Å²) < 4.78 is 10.2. The quantitative estimate of drug-likeness (QED) is 0.648. The van der Waals surface area contributed by atoms with Gasteiger partial charge in [0.1, 0.15) is 5.75 Å². The summed E-state index contributed by atoms with van der Waals surface area (Å²) in [5.41, 5.74) is 1.33. The number of anilines is 2. The number of rotatable bonds is 8. The first-order valence-corrected chi connectivity index (χ1v) is 8.86. The molecule has 28 heavy (non-hydrogen) atoms. The topological polar surface area (TPSA) is 106 Å². The van der Waals surface area contributed by atoms with Gasteiger partial charge in [0.2, 0.25) is 0 Å². The molecule has 0 spiro atoms. The highest BCUT2D eigenvalue weighted by atomic mass is 16.5. The maximum absolute atomic E-state index is 12.5. The second-order valence-electron chi connectivity index (χ2n) is 5.65. The molecule has 0 saturated heterocycles. The van der Waals surface area contributed by atoms with Crippen LogP contribution in [0.15, 0.2) is 48.5 Å². The molecule has 3 N–H and O–H groups in total. The van der Waals surface area contributed by atoms with Gasteiger partial charge in [0.05, 0.1) is 6.61 Å². The van der Waals surface area contributed by atoms with Crippen LogP contribution in [0.1, 0.15) is 24.2 Å². The van der Waals surface area contributed by atoms with Crippen molar-refractivity contribution in [2.75, 3.05) is 30.4 Å². The molecule has 0 atom stereocenters. The first kappa shape index (κ1) is 20.8. The van der Waals surface area contributed by atoms with E-state index in [1.165, 1.54) is 0 Å². The Hall–Kier alpha value is -3.55. The summed E-state index contributed by atoms with van der Waals surface area (Å²) in [7, 11) is 0. The van der Waals surface area contributed by atoms with Gasteiger partial charge in [0.25, 0.3) is 11.8 Å². The van der Waals surface area contributed by atoms with Crippen LogP contribution in [0.5, 0.6) is 5.75 Å². The van der Waals surface area contributed by atoms with Crippen LogP contribution in [0, 0.1) is 0 Å². The predicted octanol–water partition coefficient (Wildman–Crippen LogP) is 3.02. The van der Waals surface area contributed by atoms with Crippen molar-refractivity contribution in [1.82, 2.24) is 5.32 Å². The van der Waals surface area contributed by atoms with E-state index in [2.05, 4.69) is 16.0 Å². The number of nitrogens with one attached hydrogen (secondary N) is 3. The molecule has 2 rings (SSSR count). The second-order valence-corrected chi connectivity index (χ2v) is 5.65. The van der Waals surface area contributed by atoms with E-state index in [0.717, 1.165) is 0 Å². The van der Waals surface area contributed by atoms with Gasteiger partial charge in [0, 0.05) is 29.5 Å². The third-order valence-corrected chi connectivity index (χ3v) is 3.48. The first-order valence-electron chi connectivity index (χ1n) is 8.86. The Morgan fingerprint density at radius 1 is 0.929 bits per heavy atom. The smallest absolute Gasteiger partial charge is 0.411 e. The van der Waals surface area contributed by atoms with Gasteiger partial charge in [0.15, 0.2) is 6.61 Å². The number of carbonyl (C=O) groups excluding carboxylic acids is 3. The number of likely N-dealkylation sites (N-methyl/N-ethyl adjacent to an activating group) is 1. The lowest BCUT2D eigenvalue weighted by atomic mass is 10.2. The molecule has 0 radical (unpaired) electrons. The number of hydrogen-bond acceptors (Lipinski definition) is 5. The molecule has 0 aliphatic rings. The molecule has 8 heteroatoms. The third kappa shape index (κ3) is 6.64. The third-order valence-electron chi connectivity index (χ3n) is 3.48. The van der Waals surface area contributed by atoms with Crippen LogP contribution in [-0.4, -0.2) is 37.7 Å². The van der Waals surface area contributed by atoms with E-state index < -0.39 is 6.09 Å². The maximum atomic E-state index is 12.5. The molecule has 0 fully saturated rings. The number of amides is 3. The molecule has 148 valence electrons. The lowest BCUT2D eigenvalue weighted by molar-refractivity contribution is -0.122. The van der Waals surface area contributed by atoms with Crippen molar-refractivity contribution >= 4 is 29.3 Å². The lowest BCUT2D eigenvalue weighted by Crippen LogP contribution is -2.28. The van der Waals surface area contributed by atoms with Crippen LogP contribution >= 0.6 is 0 Å². The van der Waals surface area contributed by atoms with Crippen molar-refractivity contribution in [2.24, 2.45) is 0 Å². The molecular formula is C20H23N3O5. The van der Waals surface area contributed by atoms with Crippen LogP contribution in [-0.2, 0) is 9.53 Å².